The molecular weight excluding hydrogens is 326 g/mol. The topological polar surface area (TPSA) is 35.5 Å². The van der Waals surface area contributed by atoms with E-state index in [2.05, 4.69) is 0 Å². The Labute approximate surface area is 143 Å². The third-order valence-corrected chi connectivity index (χ3v) is 3.42. The molecule has 3 rings (SSSR count). The van der Waals surface area contributed by atoms with Gasteiger partial charge < -0.3 is 9.47 Å². The average molecular weight is 340 g/mol. The van der Waals surface area contributed by atoms with Crippen LogP contribution in [0, 0.1) is 11.6 Å². The van der Waals surface area contributed by atoms with Crippen molar-refractivity contribution in [1.29, 1.82) is 0 Å². The molecule has 0 amide bonds. The van der Waals surface area contributed by atoms with Gasteiger partial charge in [0.2, 0.25) is 0 Å². The maximum Gasteiger partial charge on any atom is 0.347 e. The van der Waals surface area contributed by atoms with Gasteiger partial charge in [-0.3, -0.25) is 0 Å². The normalized spacial score (nSPS) is 10.3. The van der Waals surface area contributed by atoms with Gasteiger partial charge in [0.05, 0.1) is 0 Å². The fourth-order valence-electron chi connectivity index (χ4n) is 2.20. The van der Waals surface area contributed by atoms with Crippen molar-refractivity contribution >= 4 is 5.97 Å². The molecule has 0 fully saturated rings. The molecule has 0 heterocycles. The van der Waals surface area contributed by atoms with E-state index in [1.165, 1.54) is 30.3 Å². The molecule has 0 aromatic heterocycles. The fourth-order valence-corrected chi connectivity index (χ4v) is 2.20. The summed E-state index contributed by atoms with van der Waals surface area (Å²) in [4.78, 5) is 12.3. The summed E-state index contributed by atoms with van der Waals surface area (Å²) in [7, 11) is 0. The summed E-state index contributed by atoms with van der Waals surface area (Å²) in [6.45, 7) is 0.171. The minimum Gasteiger partial charge on any atom is -0.488 e. The van der Waals surface area contributed by atoms with Crippen LogP contribution in [0.1, 0.15) is 15.9 Å². The van der Waals surface area contributed by atoms with Gasteiger partial charge in [-0.2, -0.15) is 0 Å². The third kappa shape index (κ3) is 4.41. The SMILES string of the molecule is O=C(Oc1cccc(F)c1)c1ccccc1OCc1ccc(F)cc1. The van der Waals surface area contributed by atoms with Gasteiger partial charge in [-0.05, 0) is 42.0 Å². The fraction of sp³-hybridized carbons (Fsp3) is 0.0500. The Hall–Kier alpha value is -3.21. The minimum absolute atomic E-state index is 0.110. The quantitative estimate of drug-likeness (QED) is 0.496. The number of carbonyl (C=O) groups excluding carboxylic acids is 1. The molecule has 0 spiro atoms. The van der Waals surface area contributed by atoms with Crippen LogP contribution in [0.2, 0.25) is 0 Å². The van der Waals surface area contributed by atoms with Crippen LogP contribution >= 0.6 is 0 Å². The van der Waals surface area contributed by atoms with Crippen molar-refractivity contribution in [1.82, 2.24) is 0 Å². The van der Waals surface area contributed by atoms with Crippen LogP contribution in [0.3, 0.4) is 0 Å². The van der Waals surface area contributed by atoms with E-state index in [1.807, 2.05) is 0 Å². The number of hydrogen-bond donors (Lipinski definition) is 0. The summed E-state index contributed by atoms with van der Waals surface area (Å²) >= 11 is 0. The Morgan fingerprint density at radius 3 is 2.36 bits per heavy atom. The number of carbonyl (C=O) groups is 1. The van der Waals surface area contributed by atoms with Crippen LogP contribution in [-0.2, 0) is 6.61 Å². The predicted molar refractivity (Wildman–Crippen MR) is 88.5 cm³/mol. The number of ether oxygens (including phenoxy) is 2. The van der Waals surface area contributed by atoms with Crippen molar-refractivity contribution < 1.29 is 23.0 Å². The van der Waals surface area contributed by atoms with E-state index in [1.54, 1.807) is 36.4 Å². The van der Waals surface area contributed by atoms with Crippen LogP contribution in [-0.4, -0.2) is 5.97 Å². The van der Waals surface area contributed by atoms with Crippen LogP contribution in [0.5, 0.6) is 11.5 Å². The second kappa shape index (κ2) is 7.57. The van der Waals surface area contributed by atoms with Gasteiger partial charge in [-0.25, -0.2) is 13.6 Å². The third-order valence-electron chi connectivity index (χ3n) is 3.42. The number of rotatable bonds is 5. The van der Waals surface area contributed by atoms with Crippen LogP contribution in [0.25, 0.3) is 0 Å². The lowest BCUT2D eigenvalue weighted by atomic mass is 10.2. The van der Waals surface area contributed by atoms with E-state index in [9.17, 15) is 13.6 Å². The molecule has 126 valence electrons. The van der Waals surface area contributed by atoms with Crippen LogP contribution < -0.4 is 9.47 Å². The molecule has 0 unspecified atom stereocenters. The van der Waals surface area contributed by atoms with Gasteiger partial charge in [0.25, 0.3) is 0 Å². The summed E-state index contributed by atoms with van der Waals surface area (Å²) in [5.41, 5.74) is 0.976. The molecule has 0 bridgehead atoms. The zero-order valence-electron chi connectivity index (χ0n) is 13.1. The Balaban J connectivity index is 1.73. The zero-order chi connectivity index (χ0) is 17.6. The number of benzene rings is 3. The maximum atomic E-state index is 13.2. The van der Waals surface area contributed by atoms with Crippen molar-refractivity contribution in [3.05, 3.63) is 95.6 Å². The summed E-state index contributed by atoms with van der Waals surface area (Å²) < 4.78 is 36.9. The largest absolute Gasteiger partial charge is 0.488 e. The Morgan fingerprint density at radius 1 is 0.840 bits per heavy atom. The zero-order valence-corrected chi connectivity index (χ0v) is 13.1. The lowest BCUT2D eigenvalue weighted by molar-refractivity contribution is 0.0729. The van der Waals surface area contributed by atoms with Gasteiger partial charge in [-0.1, -0.05) is 30.3 Å². The number of para-hydroxylation sites is 1. The molecule has 0 aliphatic carbocycles. The molecule has 3 nitrogen and oxygen atoms in total. The van der Waals surface area contributed by atoms with E-state index in [4.69, 9.17) is 9.47 Å². The first kappa shape index (κ1) is 16.6. The van der Waals surface area contributed by atoms with Gasteiger partial charge in [0, 0.05) is 6.07 Å². The molecule has 0 saturated heterocycles. The Morgan fingerprint density at radius 2 is 1.60 bits per heavy atom. The Bertz CT molecular complexity index is 876. The first-order valence-electron chi connectivity index (χ1n) is 7.56. The molecule has 3 aromatic carbocycles. The van der Waals surface area contributed by atoms with Crippen LogP contribution in [0.4, 0.5) is 8.78 Å². The lowest BCUT2D eigenvalue weighted by Gasteiger charge is -2.11. The average Bonchev–Trinajstić information content (AvgIpc) is 2.61. The molecule has 3 aromatic rings. The van der Waals surface area contributed by atoms with Gasteiger partial charge in [0.1, 0.15) is 35.3 Å². The molecule has 25 heavy (non-hydrogen) atoms. The van der Waals surface area contributed by atoms with E-state index < -0.39 is 11.8 Å². The monoisotopic (exact) mass is 340 g/mol. The van der Waals surface area contributed by atoms with Crippen molar-refractivity contribution in [3.63, 3.8) is 0 Å². The van der Waals surface area contributed by atoms with Crippen molar-refractivity contribution in [2.75, 3.05) is 0 Å². The second-order valence-corrected chi connectivity index (χ2v) is 5.26. The Kier molecular flexibility index (Phi) is 5.04. The highest BCUT2D eigenvalue weighted by Crippen LogP contribution is 2.22. The van der Waals surface area contributed by atoms with Crippen molar-refractivity contribution in [3.8, 4) is 11.5 Å². The highest BCUT2D eigenvalue weighted by molar-refractivity contribution is 5.93. The summed E-state index contributed by atoms with van der Waals surface area (Å²) in [6.07, 6.45) is 0. The lowest BCUT2D eigenvalue weighted by Crippen LogP contribution is -2.11. The predicted octanol–water partition coefficient (Wildman–Crippen LogP) is 4.76. The highest BCUT2D eigenvalue weighted by Gasteiger charge is 2.15. The van der Waals surface area contributed by atoms with Gasteiger partial charge in [0.15, 0.2) is 0 Å². The molecular formula is C20H14F2O3. The standard InChI is InChI=1S/C20H14F2O3/c21-15-10-8-14(9-11-15)13-24-19-7-2-1-6-18(19)20(23)25-17-5-3-4-16(22)12-17/h1-12H,13H2. The second-order valence-electron chi connectivity index (χ2n) is 5.26. The van der Waals surface area contributed by atoms with Crippen molar-refractivity contribution in [2.45, 2.75) is 6.61 Å². The molecule has 0 radical (unpaired) electrons. The minimum atomic E-state index is -0.652. The summed E-state index contributed by atoms with van der Waals surface area (Å²) in [5.74, 6) is -1.04. The summed E-state index contributed by atoms with van der Waals surface area (Å²) in [6, 6.07) is 17.8. The van der Waals surface area contributed by atoms with E-state index in [0.717, 1.165) is 11.6 Å². The maximum absolute atomic E-state index is 13.2. The molecule has 0 N–H and O–H groups in total. The van der Waals surface area contributed by atoms with Crippen LogP contribution in [0.15, 0.2) is 72.8 Å². The van der Waals surface area contributed by atoms with E-state index in [-0.39, 0.29) is 23.7 Å². The smallest absolute Gasteiger partial charge is 0.347 e. The van der Waals surface area contributed by atoms with E-state index in [0.29, 0.717) is 5.75 Å². The number of halogens is 2. The highest BCUT2D eigenvalue weighted by atomic mass is 19.1. The number of esters is 1. The van der Waals surface area contributed by atoms with E-state index >= 15 is 0 Å². The van der Waals surface area contributed by atoms with Crippen molar-refractivity contribution in [2.24, 2.45) is 0 Å². The summed E-state index contributed by atoms with van der Waals surface area (Å²) in [5, 5.41) is 0. The molecule has 0 aliphatic rings. The molecule has 0 atom stereocenters. The van der Waals surface area contributed by atoms with Gasteiger partial charge >= 0.3 is 5.97 Å². The first-order chi connectivity index (χ1) is 12.1. The first-order valence-corrected chi connectivity index (χ1v) is 7.56. The number of hydrogen-bond acceptors (Lipinski definition) is 3. The molecule has 0 aliphatic heterocycles. The molecule has 5 heteroatoms. The van der Waals surface area contributed by atoms with Gasteiger partial charge in [-0.15, -0.1) is 0 Å². The molecule has 0 saturated carbocycles.